The predicted octanol–water partition coefficient (Wildman–Crippen LogP) is 2.99. The van der Waals surface area contributed by atoms with Gasteiger partial charge in [-0.25, -0.2) is 8.42 Å². The van der Waals surface area contributed by atoms with Gasteiger partial charge in [-0.15, -0.1) is 0 Å². The normalized spacial score (nSPS) is 15.3. The number of nitrogens with zero attached hydrogens (tertiary/aromatic N) is 2. The molecule has 2 aromatic carbocycles. The number of piperazine rings is 1. The number of hydrogen-bond acceptors (Lipinski definition) is 5. The van der Waals surface area contributed by atoms with E-state index >= 15 is 0 Å². The van der Waals surface area contributed by atoms with Crippen LogP contribution >= 0.6 is 0 Å². The first kappa shape index (κ1) is 24.8. The lowest BCUT2D eigenvalue weighted by Crippen LogP contribution is -2.50. The number of rotatable bonds is 8. The topological polar surface area (TPSA) is 78.9 Å². The van der Waals surface area contributed by atoms with Crippen molar-refractivity contribution in [1.82, 2.24) is 9.62 Å². The smallest absolute Gasteiger partial charge is 0.416 e. The fraction of sp³-hybridized carbons (Fsp3) is 0.409. The largest absolute Gasteiger partial charge is 0.493 e. The van der Waals surface area contributed by atoms with Crippen molar-refractivity contribution < 1.29 is 31.1 Å². The lowest BCUT2D eigenvalue weighted by molar-refractivity contribution is -0.137. The highest BCUT2D eigenvalue weighted by Crippen LogP contribution is 2.32. The summed E-state index contributed by atoms with van der Waals surface area (Å²) >= 11 is 0. The zero-order valence-electron chi connectivity index (χ0n) is 18.1. The monoisotopic (exact) mass is 485 g/mol. The molecule has 0 atom stereocenters. The second kappa shape index (κ2) is 10.4. The molecule has 33 heavy (non-hydrogen) atoms. The van der Waals surface area contributed by atoms with Gasteiger partial charge >= 0.3 is 6.18 Å². The van der Waals surface area contributed by atoms with Gasteiger partial charge in [0, 0.05) is 38.4 Å². The molecule has 7 nitrogen and oxygen atoms in total. The van der Waals surface area contributed by atoms with Gasteiger partial charge in [0.1, 0.15) is 5.75 Å². The molecule has 0 radical (unpaired) electrons. The van der Waals surface area contributed by atoms with Crippen molar-refractivity contribution in [2.24, 2.45) is 0 Å². The van der Waals surface area contributed by atoms with Crippen molar-refractivity contribution in [3.8, 4) is 5.75 Å². The molecule has 1 aliphatic rings. The molecule has 0 spiro atoms. The van der Waals surface area contributed by atoms with E-state index in [-0.39, 0.29) is 38.5 Å². The second-order valence-electron chi connectivity index (χ2n) is 7.44. The van der Waals surface area contributed by atoms with Gasteiger partial charge in [-0.05, 0) is 37.3 Å². The first-order valence-corrected chi connectivity index (χ1v) is 12.1. The van der Waals surface area contributed by atoms with Gasteiger partial charge in [0.2, 0.25) is 10.0 Å². The fourth-order valence-corrected chi connectivity index (χ4v) is 4.89. The molecule has 0 aromatic heterocycles. The van der Waals surface area contributed by atoms with E-state index in [1.54, 1.807) is 42.2 Å². The zero-order chi connectivity index (χ0) is 24.1. The third-order valence-corrected chi connectivity index (χ3v) is 7.12. The number of ether oxygens (including phenoxy) is 1. The van der Waals surface area contributed by atoms with Crippen LogP contribution in [-0.2, 0) is 16.2 Å². The van der Waals surface area contributed by atoms with Gasteiger partial charge in [0.25, 0.3) is 5.91 Å². The number of carbonyl (C=O) groups is 1. The maximum Gasteiger partial charge on any atom is 0.416 e. The zero-order valence-corrected chi connectivity index (χ0v) is 19.0. The van der Waals surface area contributed by atoms with Gasteiger partial charge in [0.05, 0.1) is 23.5 Å². The van der Waals surface area contributed by atoms with E-state index in [2.05, 4.69) is 5.32 Å². The highest BCUT2D eigenvalue weighted by Gasteiger charge is 2.32. The SMILES string of the molecule is CCOc1ccccc1C(=O)NCCS(=O)(=O)N1CCN(c2cccc(C(F)(F)F)c2)CC1. The summed E-state index contributed by atoms with van der Waals surface area (Å²) in [7, 11) is -3.64. The molecule has 0 unspecified atom stereocenters. The summed E-state index contributed by atoms with van der Waals surface area (Å²) in [5.74, 6) is -0.284. The summed E-state index contributed by atoms with van der Waals surface area (Å²) in [5, 5.41) is 2.61. The van der Waals surface area contributed by atoms with E-state index in [0.29, 0.717) is 23.6 Å². The van der Waals surface area contributed by atoms with Crippen LogP contribution in [0, 0.1) is 0 Å². The number of carbonyl (C=O) groups excluding carboxylic acids is 1. The van der Waals surface area contributed by atoms with E-state index in [1.807, 2.05) is 0 Å². The van der Waals surface area contributed by atoms with Crippen LogP contribution in [0.25, 0.3) is 0 Å². The highest BCUT2D eigenvalue weighted by molar-refractivity contribution is 7.89. The fourth-order valence-electron chi connectivity index (χ4n) is 3.56. The van der Waals surface area contributed by atoms with Crippen LogP contribution in [0.15, 0.2) is 48.5 Å². The van der Waals surface area contributed by atoms with Crippen LogP contribution in [0.3, 0.4) is 0 Å². The lowest BCUT2D eigenvalue weighted by Gasteiger charge is -2.35. The molecule has 3 rings (SSSR count). The van der Waals surface area contributed by atoms with Crippen molar-refractivity contribution in [3.05, 3.63) is 59.7 Å². The molecule has 1 fully saturated rings. The third-order valence-electron chi connectivity index (χ3n) is 5.25. The maximum atomic E-state index is 13.0. The molecule has 180 valence electrons. The number of para-hydroxylation sites is 1. The average Bonchev–Trinajstić information content (AvgIpc) is 2.79. The molecule has 0 bridgehead atoms. The van der Waals surface area contributed by atoms with E-state index in [4.69, 9.17) is 4.74 Å². The number of nitrogens with one attached hydrogen (secondary N) is 1. The van der Waals surface area contributed by atoms with Crippen LogP contribution in [0.1, 0.15) is 22.8 Å². The Labute approximate surface area is 191 Å². The Morgan fingerprint density at radius 3 is 2.42 bits per heavy atom. The van der Waals surface area contributed by atoms with Crippen LogP contribution in [0.5, 0.6) is 5.75 Å². The van der Waals surface area contributed by atoms with Crippen LogP contribution < -0.4 is 15.0 Å². The van der Waals surface area contributed by atoms with Crippen molar-refractivity contribution in [2.45, 2.75) is 13.1 Å². The minimum atomic E-state index is -4.44. The number of benzene rings is 2. The van der Waals surface area contributed by atoms with Crippen molar-refractivity contribution in [2.75, 3.05) is 50.0 Å². The number of amides is 1. The molecule has 0 saturated carbocycles. The highest BCUT2D eigenvalue weighted by atomic mass is 32.2. The van der Waals surface area contributed by atoms with E-state index < -0.39 is 27.7 Å². The first-order chi connectivity index (χ1) is 15.6. The lowest BCUT2D eigenvalue weighted by atomic mass is 10.1. The maximum absolute atomic E-state index is 13.0. The predicted molar refractivity (Wildman–Crippen MR) is 119 cm³/mol. The summed E-state index contributed by atoms with van der Waals surface area (Å²) in [6.45, 7) is 2.97. The molecule has 1 aliphatic heterocycles. The number of anilines is 1. The summed E-state index contributed by atoms with van der Waals surface area (Å²) in [5.41, 5.74) is -0.00903. The van der Waals surface area contributed by atoms with Crippen LogP contribution in [-0.4, -0.2) is 63.7 Å². The van der Waals surface area contributed by atoms with Crippen LogP contribution in [0.4, 0.5) is 18.9 Å². The number of hydrogen-bond donors (Lipinski definition) is 1. The minimum Gasteiger partial charge on any atom is -0.493 e. The standard InChI is InChI=1S/C22H26F3N3O4S/c1-2-32-20-9-4-3-8-19(20)21(29)26-10-15-33(30,31)28-13-11-27(12-14-28)18-7-5-6-17(16-18)22(23,24)25/h3-9,16H,2,10-15H2,1H3,(H,26,29). The third kappa shape index (κ3) is 6.38. The van der Waals surface area contributed by atoms with Gasteiger partial charge < -0.3 is 15.0 Å². The van der Waals surface area contributed by atoms with E-state index in [1.165, 1.54) is 10.4 Å². The van der Waals surface area contributed by atoms with Gasteiger partial charge in [-0.3, -0.25) is 4.79 Å². The van der Waals surface area contributed by atoms with Crippen molar-refractivity contribution in [1.29, 1.82) is 0 Å². The van der Waals surface area contributed by atoms with Crippen molar-refractivity contribution >= 4 is 21.6 Å². The Morgan fingerprint density at radius 2 is 1.76 bits per heavy atom. The number of halogens is 3. The van der Waals surface area contributed by atoms with Gasteiger partial charge in [0.15, 0.2) is 0 Å². The Kier molecular flexibility index (Phi) is 7.85. The van der Waals surface area contributed by atoms with Gasteiger partial charge in [-0.1, -0.05) is 18.2 Å². The number of alkyl halides is 3. The Bertz CT molecular complexity index is 1070. The second-order valence-corrected chi connectivity index (χ2v) is 9.52. The first-order valence-electron chi connectivity index (χ1n) is 10.5. The van der Waals surface area contributed by atoms with Crippen LogP contribution in [0.2, 0.25) is 0 Å². The average molecular weight is 486 g/mol. The van der Waals surface area contributed by atoms with Gasteiger partial charge in [-0.2, -0.15) is 17.5 Å². The van der Waals surface area contributed by atoms with E-state index in [0.717, 1.165) is 12.1 Å². The molecule has 0 aliphatic carbocycles. The molecule has 11 heteroatoms. The molecule has 1 heterocycles. The summed E-state index contributed by atoms with van der Waals surface area (Å²) in [6, 6.07) is 11.7. The summed E-state index contributed by atoms with van der Waals surface area (Å²) in [6.07, 6.45) is -4.44. The Balaban J connectivity index is 1.53. The molecule has 1 amide bonds. The molecule has 1 saturated heterocycles. The van der Waals surface area contributed by atoms with E-state index in [9.17, 15) is 26.4 Å². The summed E-state index contributed by atoms with van der Waals surface area (Å²) < 4.78 is 71.0. The Hall–Kier alpha value is -2.79. The molecule has 1 N–H and O–H groups in total. The number of sulfonamides is 1. The molecule has 2 aromatic rings. The minimum absolute atomic E-state index is 0.0739. The Morgan fingerprint density at radius 1 is 1.06 bits per heavy atom. The summed E-state index contributed by atoms with van der Waals surface area (Å²) in [4.78, 5) is 14.1. The molecular formula is C22H26F3N3O4S. The molecular weight excluding hydrogens is 459 g/mol. The quantitative estimate of drug-likeness (QED) is 0.622. The van der Waals surface area contributed by atoms with Crippen molar-refractivity contribution in [3.63, 3.8) is 0 Å².